The Hall–Kier alpha value is -1.67. The zero-order chi connectivity index (χ0) is 13.8. The molecule has 0 fully saturated rings. The SMILES string of the molecule is CCC(Nc1cc(C)ccc1Cl)c1ccccc1O. The Bertz CT molecular complexity index is 568. The summed E-state index contributed by atoms with van der Waals surface area (Å²) in [5, 5.41) is 14.0. The summed E-state index contributed by atoms with van der Waals surface area (Å²) in [7, 11) is 0. The standard InChI is InChI=1S/C16H18ClNO/c1-3-14(12-6-4-5-7-16(12)19)18-15-10-11(2)8-9-13(15)17/h4-10,14,18-19H,3H2,1-2H3. The highest BCUT2D eigenvalue weighted by Gasteiger charge is 2.14. The number of aromatic hydroxyl groups is 1. The molecule has 2 N–H and O–H groups in total. The molecule has 0 saturated heterocycles. The van der Waals surface area contributed by atoms with Crippen LogP contribution in [0.2, 0.25) is 5.02 Å². The Morgan fingerprint density at radius 2 is 1.95 bits per heavy atom. The van der Waals surface area contributed by atoms with Crippen molar-refractivity contribution in [1.29, 1.82) is 0 Å². The summed E-state index contributed by atoms with van der Waals surface area (Å²) in [6.45, 7) is 4.11. The molecule has 2 aromatic rings. The molecule has 1 unspecified atom stereocenters. The summed E-state index contributed by atoms with van der Waals surface area (Å²) in [4.78, 5) is 0. The van der Waals surface area contributed by atoms with Crippen LogP contribution in [0.25, 0.3) is 0 Å². The Balaban J connectivity index is 2.29. The van der Waals surface area contributed by atoms with Gasteiger partial charge in [-0.05, 0) is 37.1 Å². The van der Waals surface area contributed by atoms with Gasteiger partial charge in [0.05, 0.1) is 16.8 Å². The summed E-state index contributed by atoms with van der Waals surface area (Å²) in [6.07, 6.45) is 0.863. The van der Waals surface area contributed by atoms with Crippen molar-refractivity contribution in [3.05, 3.63) is 58.6 Å². The molecule has 100 valence electrons. The average molecular weight is 276 g/mol. The Morgan fingerprint density at radius 3 is 2.63 bits per heavy atom. The number of nitrogens with one attached hydrogen (secondary N) is 1. The lowest BCUT2D eigenvalue weighted by molar-refractivity contribution is 0.463. The van der Waals surface area contributed by atoms with Crippen molar-refractivity contribution in [1.82, 2.24) is 0 Å². The summed E-state index contributed by atoms with van der Waals surface area (Å²) in [6, 6.07) is 13.3. The number of halogens is 1. The van der Waals surface area contributed by atoms with E-state index in [1.165, 1.54) is 0 Å². The second-order valence-corrected chi connectivity index (χ2v) is 5.05. The first kappa shape index (κ1) is 13.8. The van der Waals surface area contributed by atoms with E-state index in [0.29, 0.717) is 10.8 Å². The third kappa shape index (κ3) is 3.21. The molecule has 0 aliphatic rings. The fourth-order valence-corrected chi connectivity index (χ4v) is 2.29. The first-order valence-corrected chi connectivity index (χ1v) is 6.80. The molecule has 0 aliphatic carbocycles. The number of benzene rings is 2. The minimum atomic E-state index is 0.0421. The van der Waals surface area contributed by atoms with Gasteiger partial charge in [-0.25, -0.2) is 0 Å². The van der Waals surface area contributed by atoms with Crippen molar-refractivity contribution >= 4 is 17.3 Å². The van der Waals surface area contributed by atoms with Crippen LogP contribution < -0.4 is 5.32 Å². The van der Waals surface area contributed by atoms with Crippen molar-refractivity contribution in [3.8, 4) is 5.75 Å². The third-order valence-corrected chi connectivity index (χ3v) is 3.50. The number of anilines is 1. The maximum absolute atomic E-state index is 9.94. The number of para-hydroxylation sites is 1. The minimum absolute atomic E-state index is 0.0421. The minimum Gasteiger partial charge on any atom is -0.508 e. The van der Waals surface area contributed by atoms with E-state index in [9.17, 15) is 5.11 Å². The van der Waals surface area contributed by atoms with Gasteiger partial charge < -0.3 is 10.4 Å². The lowest BCUT2D eigenvalue weighted by Crippen LogP contribution is -2.10. The van der Waals surface area contributed by atoms with Crippen LogP contribution in [0.5, 0.6) is 5.75 Å². The van der Waals surface area contributed by atoms with Gasteiger partial charge in [0.2, 0.25) is 0 Å². The van der Waals surface area contributed by atoms with Gasteiger partial charge in [0.25, 0.3) is 0 Å². The van der Waals surface area contributed by atoms with Crippen LogP contribution in [0.4, 0.5) is 5.69 Å². The fourth-order valence-electron chi connectivity index (χ4n) is 2.12. The maximum Gasteiger partial charge on any atom is 0.120 e. The summed E-state index contributed by atoms with van der Waals surface area (Å²) < 4.78 is 0. The quantitative estimate of drug-likeness (QED) is 0.830. The van der Waals surface area contributed by atoms with E-state index in [4.69, 9.17) is 11.6 Å². The monoisotopic (exact) mass is 275 g/mol. The fraction of sp³-hybridized carbons (Fsp3) is 0.250. The normalized spacial score (nSPS) is 12.2. The molecule has 0 spiro atoms. The van der Waals surface area contributed by atoms with E-state index >= 15 is 0 Å². The van der Waals surface area contributed by atoms with E-state index in [1.54, 1.807) is 6.07 Å². The lowest BCUT2D eigenvalue weighted by atomic mass is 10.0. The summed E-state index contributed by atoms with van der Waals surface area (Å²) >= 11 is 6.20. The van der Waals surface area contributed by atoms with Crippen molar-refractivity contribution in [2.45, 2.75) is 26.3 Å². The van der Waals surface area contributed by atoms with E-state index in [2.05, 4.69) is 12.2 Å². The molecule has 0 heterocycles. The second kappa shape index (κ2) is 5.98. The smallest absolute Gasteiger partial charge is 0.120 e. The van der Waals surface area contributed by atoms with Gasteiger partial charge in [-0.2, -0.15) is 0 Å². The zero-order valence-electron chi connectivity index (χ0n) is 11.2. The average Bonchev–Trinajstić information content (AvgIpc) is 2.41. The molecule has 0 saturated carbocycles. The van der Waals surface area contributed by atoms with Crippen LogP contribution in [0, 0.1) is 6.92 Å². The third-order valence-electron chi connectivity index (χ3n) is 3.17. The molecule has 1 atom stereocenters. The molecule has 0 amide bonds. The van der Waals surface area contributed by atoms with E-state index in [1.807, 2.05) is 43.3 Å². The summed E-state index contributed by atoms with van der Waals surface area (Å²) in [5.74, 6) is 0.311. The molecule has 2 rings (SSSR count). The maximum atomic E-state index is 9.94. The molecular weight excluding hydrogens is 258 g/mol. The number of phenolic OH excluding ortho intramolecular Hbond substituents is 1. The van der Waals surface area contributed by atoms with Crippen molar-refractivity contribution < 1.29 is 5.11 Å². The summed E-state index contributed by atoms with van der Waals surface area (Å²) in [5.41, 5.74) is 2.94. The number of aryl methyl sites for hydroxylation is 1. The van der Waals surface area contributed by atoms with Gasteiger partial charge in [0.15, 0.2) is 0 Å². The van der Waals surface area contributed by atoms with Crippen LogP contribution >= 0.6 is 11.6 Å². The van der Waals surface area contributed by atoms with Crippen LogP contribution in [-0.2, 0) is 0 Å². The Labute approximate surface area is 119 Å². The highest BCUT2D eigenvalue weighted by atomic mass is 35.5. The van der Waals surface area contributed by atoms with E-state index in [0.717, 1.165) is 23.2 Å². The lowest BCUT2D eigenvalue weighted by Gasteiger charge is -2.20. The van der Waals surface area contributed by atoms with E-state index < -0.39 is 0 Å². The largest absolute Gasteiger partial charge is 0.508 e. The van der Waals surface area contributed by atoms with Crippen molar-refractivity contribution in [2.24, 2.45) is 0 Å². The first-order valence-electron chi connectivity index (χ1n) is 6.42. The first-order chi connectivity index (χ1) is 9.11. The molecular formula is C16H18ClNO. The Morgan fingerprint density at radius 1 is 1.21 bits per heavy atom. The van der Waals surface area contributed by atoms with Gasteiger partial charge in [0, 0.05) is 5.56 Å². The van der Waals surface area contributed by atoms with E-state index in [-0.39, 0.29) is 6.04 Å². The van der Waals surface area contributed by atoms with Gasteiger partial charge in [-0.3, -0.25) is 0 Å². The zero-order valence-corrected chi connectivity index (χ0v) is 11.9. The van der Waals surface area contributed by atoms with Gasteiger partial charge in [-0.1, -0.05) is 42.8 Å². The number of hydrogen-bond acceptors (Lipinski definition) is 2. The molecule has 0 radical (unpaired) electrons. The topological polar surface area (TPSA) is 32.3 Å². The Kier molecular flexibility index (Phi) is 4.33. The van der Waals surface area contributed by atoms with Crippen LogP contribution in [0.1, 0.15) is 30.5 Å². The molecule has 19 heavy (non-hydrogen) atoms. The van der Waals surface area contributed by atoms with Crippen molar-refractivity contribution in [2.75, 3.05) is 5.32 Å². The van der Waals surface area contributed by atoms with Gasteiger partial charge in [-0.15, -0.1) is 0 Å². The highest BCUT2D eigenvalue weighted by Crippen LogP contribution is 2.32. The molecule has 3 heteroatoms. The predicted octanol–water partition coefficient (Wildman–Crippen LogP) is 4.92. The molecule has 2 aromatic carbocycles. The highest BCUT2D eigenvalue weighted by molar-refractivity contribution is 6.33. The van der Waals surface area contributed by atoms with Crippen molar-refractivity contribution in [3.63, 3.8) is 0 Å². The molecule has 2 nitrogen and oxygen atoms in total. The van der Waals surface area contributed by atoms with Crippen LogP contribution in [-0.4, -0.2) is 5.11 Å². The predicted molar refractivity (Wildman–Crippen MR) is 81.0 cm³/mol. The second-order valence-electron chi connectivity index (χ2n) is 4.65. The number of rotatable bonds is 4. The van der Waals surface area contributed by atoms with Crippen LogP contribution in [0.15, 0.2) is 42.5 Å². The molecule has 0 aromatic heterocycles. The molecule has 0 bridgehead atoms. The van der Waals surface area contributed by atoms with Crippen LogP contribution in [0.3, 0.4) is 0 Å². The van der Waals surface area contributed by atoms with Gasteiger partial charge >= 0.3 is 0 Å². The number of phenols is 1. The molecule has 0 aliphatic heterocycles. The number of hydrogen-bond donors (Lipinski definition) is 2. The van der Waals surface area contributed by atoms with Gasteiger partial charge in [0.1, 0.15) is 5.75 Å².